The van der Waals surface area contributed by atoms with Crippen LogP contribution in [0.3, 0.4) is 0 Å². The van der Waals surface area contributed by atoms with Crippen LogP contribution in [0.1, 0.15) is 7.43 Å². The Bertz CT molecular complexity index is 1230. The molecule has 0 bridgehead atoms. The van der Waals surface area contributed by atoms with E-state index in [1.54, 1.807) is 54.6 Å². The summed E-state index contributed by atoms with van der Waals surface area (Å²) in [6.45, 7) is 0. The lowest BCUT2D eigenvalue weighted by Gasteiger charge is -2.09. The molecule has 3 rings (SSSR count). The van der Waals surface area contributed by atoms with Crippen molar-refractivity contribution >= 4 is 41.7 Å². The highest BCUT2D eigenvalue weighted by Crippen LogP contribution is 2.17. The molecule has 13 heteroatoms. The van der Waals surface area contributed by atoms with Crippen molar-refractivity contribution < 1.29 is 43.3 Å². The van der Waals surface area contributed by atoms with Gasteiger partial charge in [0.1, 0.15) is 21.7 Å². The van der Waals surface area contributed by atoms with Gasteiger partial charge in [-0.3, -0.25) is 0 Å². The van der Waals surface area contributed by atoms with Crippen molar-refractivity contribution in [1.29, 1.82) is 10.5 Å². The van der Waals surface area contributed by atoms with Crippen LogP contribution in [0.15, 0.2) is 114 Å². The Balaban J connectivity index is -0.000000247. The first kappa shape index (κ1) is 42.3. The molecule has 0 fully saturated rings. The summed E-state index contributed by atoms with van der Waals surface area (Å²) < 4.78 is 10.9. The molecule has 0 aliphatic heterocycles. The molecule has 11 nitrogen and oxygen atoms in total. The van der Waals surface area contributed by atoms with Gasteiger partial charge in [0.15, 0.2) is 0 Å². The lowest BCUT2D eigenvalue weighted by molar-refractivity contribution is -0.193. The number of ether oxygens (including phenoxy) is 2. The van der Waals surface area contributed by atoms with E-state index >= 15 is 0 Å². The summed E-state index contributed by atoms with van der Waals surface area (Å²) in [7, 11) is 0. The number of halogens is 2. The van der Waals surface area contributed by atoms with Crippen molar-refractivity contribution in [3.63, 3.8) is 0 Å². The molecule has 0 atom stereocenters. The first-order valence-electron chi connectivity index (χ1n) is 9.98. The van der Waals surface area contributed by atoms with E-state index in [0.717, 1.165) is 6.08 Å². The molecule has 0 radical (unpaired) electrons. The molecule has 0 amide bonds. The largest absolute Gasteiger partial charge is 0.508 e. The summed E-state index contributed by atoms with van der Waals surface area (Å²) in [6, 6.07) is 30.6. The second kappa shape index (κ2) is 34.2. The molecule has 212 valence electrons. The predicted molar refractivity (Wildman–Crippen MR) is 143 cm³/mol. The van der Waals surface area contributed by atoms with Crippen LogP contribution in [0.5, 0.6) is 17.2 Å². The summed E-state index contributed by atoms with van der Waals surface area (Å²) >= 11 is 9.96. The van der Waals surface area contributed by atoms with Gasteiger partial charge in [0.25, 0.3) is 0 Å². The molecular weight excluding hydrogens is 579 g/mol. The molecule has 0 heterocycles. The second-order valence-corrected chi connectivity index (χ2v) is 6.58. The first-order chi connectivity index (χ1) is 19.3. The molecule has 0 spiro atoms. The molecule has 1 N–H and O–H groups in total. The van der Waals surface area contributed by atoms with Crippen molar-refractivity contribution in [3.8, 4) is 29.4 Å². The number of hydrogen-bond acceptors (Lipinski definition) is 11. The van der Waals surface area contributed by atoms with Gasteiger partial charge in [-0.15, -0.1) is 0 Å². The third-order valence-electron chi connectivity index (χ3n) is 3.04. The van der Waals surface area contributed by atoms with Crippen molar-refractivity contribution in [2.24, 2.45) is 0 Å². The maximum atomic E-state index is 8.71. The molecule has 41 heavy (non-hydrogen) atoms. The Labute approximate surface area is 245 Å². The zero-order chi connectivity index (χ0) is 30.9. The average Bonchev–Trinajstić information content (AvgIpc) is 2.93. The van der Waals surface area contributed by atoms with E-state index in [0.29, 0.717) is 17.2 Å². The van der Waals surface area contributed by atoms with E-state index in [9.17, 15) is 0 Å². The van der Waals surface area contributed by atoms with Gasteiger partial charge in [-0.1, -0.05) is 85.2 Å². The molecular formula is C28H22Cl2N2O9. The van der Waals surface area contributed by atoms with Crippen molar-refractivity contribution in [3.05, 3.63) is 114 Å². The highest BCUT2D eigenvalue weighted by Gasteiger charge is 2.03. The monoisotopic (exact) mass is 600 g/mol. The van der Waals surface area contributed by atoms with Crippen molar-refractivity contribution in [2.75, 3.05) is 0 Å². The third-order valence-corrected chi connectivity index (χ3v) is 3.25. The maximum Gasteiger partial charge on any atom is 0.373 e. The quantitative estimate of drug-likeness (QED) is 0.289. The van der Waals surface area contributed by atoms with Gasteiger partial charge in [0, 0.05) is 6.08 Å². The number of benzene rings is 3. The Morgan fingerprint density at radius 1 is 0.610 bits per heavy atom. The van der Waals surface area contributed by atoms with Crippen LogP contribution >= 0.6 is 23.2 Å². The van der Waals surface area contributed by atoms with Crippen molar-refractivity contribution in [2.45, 2.75) is 7.43 Å². The minimum atomic E-state index is -0.00231. The normalized spacial score (nSPS) is 6.93. The van der Waals surface area contributed by atoms with E-state index in [4.69, 9.17) is 77.1 Å². The summed E-state index contributed by atoms with van der Waals surface area (Å²) in [5.74, 6) is 1.71. The number of aromatic hydroxyl groups is 1. The van der Waals surface area contributed by atoms with Gasteiger partial charge < -0.3 is 14.6 Å². The van der Waals surface area contributed by atoms with E-state index in [2.05, 4.69) is 0 Å². The number of hydrogen-bond donors (Lipinski definition) is 1. The molecule has 3 aromatic rings. The fourth-order valence-corrected chi connectivity index (χ4v) is 1.92. The Hall–Kier alpha value is -5.76. The number of nitriles is 2. The second-order valence-electron chi connectivity index (χ2n) is 5.57. The van der Waals surface area contributed by atoms with Crippen molar-refractivity contribution in [1.82, 2.24) is 0 Å². The number of carbonyl (C=O) groups excluding carboxylic acids is 6. The fourth-order valence-electron chi connectivity index (χ4n) is 1.82. The number of phenols is 1. The highest BCUT2D eigenvalue weighted by molar-refractivity contribution is 6.56. The van der Waals surface area contributed by atoms with Crippen LogP contribution in [-0.2, 0) is 28.8 Å². The Morgan fingerprint density at radius 3 is 1.10 bits per heavy atom. The maximum absolute atomic E-state index is 8.71. The summed E-state index contributed by atoms with van der Waals surface area (Å²) in [5, 5.41) is 25.1. The molecule has 0 aliphatic carbocycles. The Kier molecular flexibility index (Phi) is 35.4. The first-order valence-corrected chi connectivity index (χ1v) is 10.7. The molecule has 0 aliphatic rings. The van der Waals surface area contributed by atoms with Crippen LogP contribution in [0.2, 0.25) is 0 Å². The van der Waals surface area contributed by atoms with E-state index < -0.39 is 0 Å². The summed E-state index contributed by atoms with van der Waals surface area (Å²) in [5.41, 5.74) is 0. The molecule has 0 saturated heterocycles. The van der Waals surface area contributed by atoms with Gasteiger partial charge >= 0.3 is 24.4 Å². The van der Waals surface area contributed by atoms with Gasteiger partial charge in [-0.2, -0.15) is 39.3 Å². The van der Waals surface area contributed by atoms with E-state index in [-0.39, 0.29) is 36.3 Å². The van der Waals surface area contributed by atoms with Crippen LogP contribution in [-0.4, -0.2) is 23.6 Å². The van der Waals surface area contributed by atoms with Crippen LogP contribution in [0, 0.1) is 22.7 Å². The number of allylic oxidation sites excluding steroid dienone is 2. The summed E-state index contributed by atoms with van der Waals surface area (Å²) in [4.78, 5) is 48.8. The van der Waals surface area contributed by atoms with E-state index in [1.165, 1.54) is 6.08 Å². The van der Waals surface area contributed by atoms with Gasteiger partial charge in [0.05, 0.1) is 18.2 Å². The molecule has 0 saturated carbocycles. The number of rotatable bonds is 4. The fraction of sp³-hybridized carbons (Fsp3) is 0.0357. The average molecular weight is 601 g/mol. The Morgan fingerprint density at radius 2 is 0.902 bits per heavy atom. The topological polar surface area (TPSA) is 189 Å². The highest BCUT2D eigenvalue weighted by atomic mass is 35.5. The number of phenolic OH excluding ortho intramolecular Hbond substituents is 1. The molecule has 0 unspecified atom stereocenters. The van der Waals surface area contributed by atoms with Gasteiger partial charge in [-0.25, -0.2) is 0 Å². The van der Waals surface area contributed by atoms with Crippen LogP contribution in [0.4, 0.5) is 0 Å². The minimum absolute atomic E-state index is 0. The lowest BCUT2D eigenvalue weighted by atomic mass is 10.3. The van der Waals surface area contributed by atoms with Gasteiger partial charge in [-0.05, 0) is 36.4 Å². The van der Waals surface area contributed by atoms with Crippen LogP contribution < -0.4 is 9.47 Å². The summed E-state index contributed by atoms with van der Waals surface area (Å²) in [6.07, 6.45) is 3.02. The lowest BCUT2D eigenvalue weighted by Crippen LogP contribution is -2.03. The zero-order valence-electron chi connectivity index (χ0n) is 20.2. The standard InChI is InChI=1S/C15H11NO2.C6H6O.C3HCl2N.3CO2.CH4/c16-12-11-15(17-13-7-3-1-4-8-13)18-14-9-5-2-6-10-14;7-6-4-2-1-3-5-6;4-3(5)1-2-6;3*2-1-3;/h1-11H;1-5,7H;1H;;;;1H4. The van der Waals surface area contributed by atoms with Crippen LogP contribution in [0.25, 0.3) is 0 Å². The SMILES string of the molecule is C.N#CC=C(Cl)Cl.N#CC=C(Oc1ccccc1)Oc1ccccc1.O=C=O.O=C=O.O=C=O.Oc1ccccc1. The molecule has 0 aromatic heterocycles. The smallest absolute Gasteiger partial charge is 0.373 e. The number of para-hydroxylation sites is 3. The predicted octanol–water partition coefficient (Wildman–Crippen LogP) is 5.62. The minimum Gasteiger partial charge on any atom is -0.508 e. The number of nitrogens with zero attached hydrogens (tertiary/aromatic N) is 2. The third kappa shape index (κ3) is 34.2. The molecule has 3 aromatic carbocycles. The van der Waals surface area contributed by atoms with Gasteiger partial charge in [0.2, 0.25) is 0 Å². The van der Waals surface area contributed by atoms with E-state index in [1.807, 2.05) is 48.5 Å². The zero-order valence-corrected chi connectivity index (χ0v) is 21.7.